The highest BCUT2D eigenvalue weighted by Gasteiger charge is 2.38. The normalized spacial score (nSPS) is 16.1. The molecule has 0 radical (unpaired) electrons. The van der Waals surface area contributed by atoms with Crippen LogP contribution in [0.25, 0.3) is 0 Å². The van der Waals surface area contributed by atoms with Crippen LogP contribution >= 0.6 is 0 Å². The Labute approximate surface area is 119 Å². The molecular formula is C14H24N2O4. The maximum Gasteiger partial charge on any atom is 0.310 e. The first kappa shape index (κ1) is 16.6. The van der Waals surface area contributed by atoms with Crippen molar-refractivity contribution in [2.24, 2.45) is 11.3 Å². The molecule has 0 aliphatic rings. The minimum absolute atomic E-state index is 0.0378. The minimum Gasteiger partial charge on any atom is -0.481 e. The SMILES string of the molecule is CCOC(CC)c1noc(CC(C)(C(=O)O)C(C)C)n1. The van der Waals surface area contributed by atoms with Gasteiger partial charge in [0.2, 0.25) is 11.7 Å². The van der Waals surface area contributed by atoms with E-state index in [0.29, 0.717) is 18.3 Å². The fraction of sp³-hybridized carbons (Fsp3) is 0.786. The standard InChI is InChI=1S/C14H24N2O4/c1-6-10(19-7-2)12-15-11(20-16-12)8-14(5,9(3)4)13(17)18/h9-10H,6-8H2,1-5H3,(H,17,18). The molecule has 0 aliphatic carbocycles. The second-order valence-corrected chi connectivity index (χ2v) is 5.45. The van der Waals surface area contributed by atoms with Crippen LogP contribution in [0.5, 0.6) is 0 Å². The van der Waals surface area contributed by atoms with Crippen molar-refractivity contribution in [3.05, 3.63) is 11.7 Å². The van der Waals surface area contributed by atoms with Crippen molar-refractivity contribution in [3.8, 4) is 0 Å². The lowest BCUT2D eigenvalue weighted by atomic mass is 9.76. The fourth-order valence-corrected chi connectivity index (χ4v) is 1.89. The number of aromatic nitrogens is 2. The molecule has 114 valence electrons. The second-order valence-electron chi connectivity index (χ2n) is 5.45. The van der Waals surface area contributed by atoms with E-state index in [1.165, 1.54) is 0 Å². The van der Waals surface area contributed by atoms with E-state index in [2.05, 4.69) is 10.1 Å². The quantitative estimate of drug-likeness (QED) is 0.790. The van der Waals surface area contributed by atoms with Gasteiger partial charge in [0.05, 0.1) is 5.41 Å². The van der Waals surface area contributed by atoms with Gasteiger partial charge in [0.1, 0.15) is 6.10 Å². The first-order valence-corrected chi connectivity index (χ1v) is 7.02. The summed E-state index contributed by atoms with van der Waals surface area (Å²) in [6.07, 6.45) is 0.760. The Morgan fingerprint density at radius 3 is 2.55 bits per heavy atom. The van der Waals surface area contributed by atoms with Crippen LogP contribution < -0.4 is 0 Å². The summed E-state index contributed by atoms with van der Waals surface area (Å²) < 4.78 is 10.7. The monoisotopic (exact) mass is 284 g/mol. The average Bonchev–Trinajstić information content (AvgIpc) is 2.83. The zero-order chi connectivity index (χ0) is 15.3. The van der Waals surface area contributed by atoms with E-state index in [-0.39, 0.29) is 18.4 Å². The highest BCUT2D eigenvalue weighted by molar-refractivity contribution is 5.74. The van der Waals surface area contributed by atoms with Crippen LogP contribution in [0.1, 0.15) is 58.9 Å². The summed E-state index contributed by atoms with van der Waals surface area (Å²) in [6, 6.07) is 0. The van der Waals surface area contributed by atoms with Crippen LogP contribution in [0, 0.1) is 11.3 Å². The lowest BCUT2D eigenvalue weighted by Gasteiger charge is -2.27. The Morgan fingerprint density at radius 2 is 2.10 bits per heavy atom. The molecule has 0 aliphatic heterocycles. The van der Waals surface area contributed by atoms with E-state index in [4.69, 9.17) is 9.26 Å². The van der Waals surface area contributed by atoms with Gasteiger partial charge in [0.15, 0.2) is 0 Å². The largest absolute Gasteiger partial charge is 0.481 e. The van der Waals surface area contributed by atoms with Gasteiger partial charge in [0.25, 0.3) is 0 Å². The second kappa shape index (κ2) is 6.83. The van der Waals surface area contributed by atoms with Crippen LogP contribution in [0.3, 0.4) is 0 Å². The molecule has 0 aromatic carbocycles. The van der Waals surface area contributed by atoms with E-state index in [1.54, 1.807) is 6.92 Å². The summed E-state index contributed by atoms with van der Waals surface area (Å²) in [5, 5.41) is 13.3. The summed E-state index contributed by atoms with van der Waals surface area (Å²) in [7, 11) is 0. The molecule has 0 bridgehead atoms. The van der Waals surface area contributed by atoms with Gasteiger partial charge < -0.3 is 14.4 Å². The number of ether oxygens (including phenoxy) is 1. The van der Waals surface area contributed by atoms with Gasteiger partial charge in [0, 0.05) is 13.0 Å². The van der Waals surface area contributed by atoms with Crippen LogP contribution in [-0.2, 0) is 16.0 Å². The van der Waals surface area contributed by atoms with Crippen molar-refractivity contribution in [3.63, 3.8) is 0 Å². The van der Waals surface area contributed by atoms with E-state index >= 15 is 0 Å². The summed E-state index contributed by atoms with van der Waals surface area (Å²) in [4.78, 5) is 15.7. The molecule has 0 saturated heterocycles. The molecule has 0 spiro atoms. The fourth-order valence-electron chi connectivity index (χ4n) is 1.89. The van der Waals surface area contributed by atoms with Crippen LogP contribution in [0.2, 0.25) is 0 Å². The van der Waals surface area contributed by atoms with E-state index in [0.717, 1.165) is 6.42 Å². The zero-order valence-corrected chi connectivity index (χ0v) is 12.8. The highest BCUT2D eigenvalue weighted by Crippen LogP contribution is 2.31. The van der Waals surface area contributed by atoms with Crippen molar-refractivity contribution in [1.29, 1.82) is 0 Å². The molecule has 0 saturated carbocycles. The molecule has 6 heteroatoms. The number of hydrogen-bond donors (Lipinski definition) is 1. The predicted molar refractivity (Wildman–Crippen MR) is 73.2 cm³/mol. The number of aliphatic carboxylic acids is 1. The van der Waals surface area contributed by atoms with Gasteiger partial charge in [-0.3, -0.25) is 4.79 Å². The number of carbonyl (C=O) groups is 1. The van der Waals surface area contributed by atoms with Crippen molar-refractivity contribution >= 4 is 5.97 Å². The molecule has 1 heterocycles. The van der Waals surface area contributed by atoms with Crippen molar-refractivity contribution < 1.29 is 19.2 Å². The van der Waals surface area contributed by atoms with Crippen molar-refractivity contribution in [2.45, 2.75) is 53.6 Å². The third kappa shape index (κ3) is 3.56. The van der Waals surface area contributed by atoms with Gasteiger partial charge in [-0.05, 0) is 26.2 Å². The predicted octanol–water partition coefficient (Wildman–Crippen LogP) is 2.85. The third-order valence-electron chi connectivity index (χ3n) is 3.79. The smallest absolute Gasteiger partial charge is 0.310 e. The zero-order valence-electron chi connectivity index (χ0n) is 12.8. The lowest BCUT2D eigenvalue weighted by Crippen LogP contribution is -2.35. The van der Waals surface area contributed by atoms with Gasteiger partial charge >= 0.3 is 5.97 Å². The summed E-state index contributed by atoms with van der Waals surface area (Å²) in [6.45, 7) is 9.90. The first-order valence-electron chi connectivity index (χ1n) is 7.02. The Balaban J connectivity index is 2.89. The van der Waals surface area contributed by atoms with Gasteiger partial charge in [-0.2, -0.15) is 4.98 Å². The van der Waals surface area contributed by atoms with Crippen LogP contribution in [-0.4, -0.2) is 27.8 Å². The summed E-state index contributed by atoms with van der Waals surface area (Å²) in [5.41, 5.74) is -0.920. The number of carboxylic acids is 1. The van der Waals surface area contributed by atoms with Gasteiger partial charge in [-0.15, -0.1) is 0 Å². The maximum absolute atomic E-state index is 11.5. The Hall–Kier alpha value is -1.43. The molecule has 6 nitrogen and oxygen atoms in total. The van der Waals surface area contributed by atoms with Gasteiger partial charge in [-0.25, -0.2) is 0 Å². The minimum atomic E-state index is -0.920. The van der Waals surface area contributed by atoms with Gasteiger partial charge in [-0.1, -0.05) is 25.9 Å². The molecule has 1 aromatic heterocycles. The third-order valence-corrected chi connectivity index (χ3v) is 3.79. The molecule has 1 rings (SSSR count). The van der Waals surface area contributed by atoms with Crippen molar-refractivity contribution in [1.82, 2.24) is 10.1 Å². The van der Waals surface area contributed by atoms with Crippen LogP contribution in [0.15, 0.2) is 4.52 Å². The Bertz CT molecular complexity index is 444. The van der Waals surface area contributed by atoms with E-state index < -0.39 is 11.4 Å². The molecular weight excluding hydrogens is 260 g/mol. The molecule has 1 aromatic rings. The molecule has 0 fully saturated rings. The molecule has 2 atom stereocenters. The summed E-state index contributed by atoms with van der Waals surface area (Å²) >= 11 is 0. The molecule has 2 unspecified atom stereocenters. The van der Waals surface area contributed by atoms with Crippen LogP contribution in [0.4, 0.5) is 0 Å². The molecule has 1 N–H and O–H groups in total. The number of hydrogen-bond acceptors (Lipinski definition) is 5. The summed E-state index contributed by atoms with van der Waals surface area (Å²) in [5.74, 6) is -0.0640. The topological polar surface area (TPSA) is 85.5 Å². The molecule has 20 heavy (non-hydrogen) atoms. The number of rotatable bonds is 8. The number of carboxylic acid groups (broad SMARTS) is 1. The number of nitrogens with zero attached hydrogens (tertiary/aromatic N) is 2. The maximum atomic E-state index is 11.5. The highest BCUT2D eigenvalue weighted by atomic mass is 16.5. The van der Waals surface area contributed by atoms with E-state index in [9.17, 15) is 9.90 Å². The average molecular weight is 284 g/mol. The Morgan fingerprint density at radius 1 is 1.45 bits per heavy atom. The van der Waals surface area contributed by atoms with Crippen molar-refractivity contribution in [2.75, 3.05) is 6.61 Å². The lowest BCUT2D eigenvalue weighted by molar-refractivity contribution is -0.150. The molecule has 0 amide bonds. The Kier molecular flexibility index (Phi) is 5.68. The first-order chi connectivity index (χ1) is 9.35. The van der Waals surface area contributed by atoms with E-state index in [1.807, 2.05) is 27.7 Å².